The molecule has 0 spiro atoms. The van der Waals surface area contributed by atoms with Gasteiger partial charge in [-0.05, 0) is 35.4 Å². The van der Waals surface area contributed by atoms with Crippen LogP contribution in [0.3, 0.4) is 0 Å². The summed E-state index contributed by atoms with van der Waals surface area (Å²) in [6.07, 6.45) is -0.128. The van der Waals surface area contributed by atoms with Crippen molar-refractivity contribution in [1.29, 1.82) is 0 Å². The lowest BCUT2D eigenvalue weighted by molar-refractivity contribution is -0.136. The molecule has 5 nitrogen and oxygen atoms in total. The van der Waals surface area contributed by atoms with E-state index in [1.54, 1.807) is 61.7 Å². The number of carbonyl (C=O) groups is 1. The van der Waals surface area contributed by atoms with Crippen LogP contribution < -0.4 is 15.2 Å². The number of carboxylic acids is 1. The van der Waals surface area contributed by atoms with E-state index in [2.05, 4.69) is 0 Å². The smallest absolute Gasteiger partial charge is 0.307 e. The molecule has 0 bridgehead atoms. The SMILES string of the molecule is COc1cc(COc2ccccc2CC(=O)O)cc(-c2cccc(CN)c2F)c1. The normalized spacial score (nSPS) is 10.6. The molecule has 150 valence electrons. The van der Waals surface area contributed by atoms with Crippen molar-refractivity contribution in [1.82, 2.24) is 0 Å². The largest absolute Gasteiger partial charge is 0.497 e. The summed E-state index contributed by atoms with van der Waals surface area (Å²) < 4.78 is 26.0. The summed E-state index contributed by atoms with van der Waals surface area (Å²) >= 11 is 0. The molecule has 6 heteroatoms. The molecule has 0 aliphatic carbocycles. The predicted octanol–water partition coefficient (Wildman–Crippen LogP) is 4.17. The third kappa shape index (κ3) is 4.92. The molecular formula is C23H22FNO4. The van der Waals surface area contributed by atoms with Crippen LogP contribution in [0.2, 0.25) is 0 Å². The van der Waals surface area contributed by atoms with E-state index >= 15 is 0 Å². The molecule has 3 aromatic rings. The second kappa shape index (κ2) is 9.21. The van der Waals surface area contributed by atoms with Crippen molar-refractivity contribution >= 4 is 5.97 Å². The van der Waals surface area contributed by atoms with E-state index in [0.29, 0.717) is 33.8 Å². The minimum Gasteiger partial charge on any atom is -0.497 e. The molecule has 0 aromatic heterocycles. The molecule has 3 aromatic carbocycles. The summed E-state index contributed by atoms with van der Waals surface area (Å²) in [5, 5.41) is 9.06. The Morgan fingerprint density at radius 2 is 1.83 bits per heavy atom. The van der Waals surface area contributed by atoms with Crippen LogP contribution in [0.4, 0.5) is 4.39 Å². The van der Waals surface area contributed by atoms with Crippen molar-refractivity contribution < 1.29 is 23.8 Å². The standard InChI is InChI=1S/C23H22FNO4/c1-28-19-10-15(14-29-21-8-3-2-5-16(21)12-22(26)27)9-18(11-19)20-7-4-6-17(13-25)23(20)24/h2-11H,12-14,25H2,1H3,(H,26,27). The molecule has 0 saturated heterocycles. The minimum atomic E-state index is -0.931. The first kappa shape index (κ1) is 20.4. The van der Waals surface area contributed by atoms with Gasteiger partial charge in [0.05, 0.1) is 13.5 Å². The van der Waals surface area contributed by atoms with Crippen LogP contribution in [0, 0.1) is 5.82 Å². The first-order valence-electron chi connectivity index (χ1n) is 9.10. The highest BCUT2D eigenvalue weighted by Crippen LogP contribution is 2.30. The van der Waals surface area contributed by atoms with Gasteiger partial charge in [0.15, 0.2) is 0 Å². The number of benzene rings is 3. The Labute approximate surface area is 168 Å². The van der Waals surface area contributed by atoms with E-state index in [4.69, 9.17) is 20.3 Å². The highest BCUT2D eigenvalue weighted by Gasteiger charge is 2.12. The number of methoxy groups -OCH3 is 1. The fraction of sp³-hybridized carbons (Fsp3) is 0.174. The number of ether oxygens (including phenoxy) is 2. The fourth-order valence-electron chi connectivity index (χ4n) is 3.09. The fourth-order valence-corrected chi connectivity index (χ4v) is 3.09. The Balaban J connectivity index is 1.90. The Hall–Kier alpha value is -3.38. The van der Waals surface area contributed by atoms with Crippen molar-refractivity contribution in [3.63, 3.8) is 0 Å². The lowest BCUT2D eigenvalue weighted by atomic mass is 9.99. The van der Waals surface area contributed by atoms with Gasteiger partial charge in [0.1, 0.15) is 23.9 Å². The number of halogens is 1. The van der Waals surface area contributed by atoms with Crippen molar-refractivity contribution in [2.24, 2.45) is 5.73 Å². The van der Waals surface area contributed by atoms with Crippen LogP contribution in [0.5, 0.6) is 11.5 Å². The van der Waals surface area contributed by atoms with E-state index in [1.165, 1.54) is 0 Å². The Morgan fingerprint density at radius 1 is 1.07 bits per heavy atom. The van der Waals surface area contributed by atoms with Gasteiger partial charge in [-0.25, -0.2) is 4.39 Å². The monoisotopic (exact) mass is 395 g/mol. The summed E-state index contributed by atoms with van der Waals surface area (Å²) in [4.78, 5) is 11.0. The Bertz CT molecular complexity index is 1020. The number of para-hydroxylation sites is 1. The van der Waals surface area contributed by atoms with Crippen LogP contribution in [-0.2, 0) is 24.4 Å². The van der Waals surface area contributed by atoms with E-state index in [1.807, 2.05) is 6.07 Å². The van der Waals surface area contributed by atoms with Gasteiger partial charge in [-0.1, -0.05) is 36.4 Å². The third-order valence-corrected chi connectivity index (χ3v) is 4.52. The summed E-state index contributed by atoms with van der Waals surface area (Å²) in [5.41, 5.74) is 8.48. The van der Waals surface area contributed by atoms with E-state index in [9.17, 15) is 9.18 Å². The topological polar surface area (TPSA) is 81.8 Å². The molecule has 0 radical (unpaired) electrons. The highest BCUT2D eigenvalue weighted by atomic mass is 19.1. The molecule has 0 fully saturated rings. The molecule has 0 amide bonds. The zero-order chi connectivity index (χ0) is 20.8. The van der Waals surface area contributed by atoms with Crippen LogP contribution in [0.1, 0.15) is 16.7 Å². The van der Waals surface area contributed by atoms with Gasteiger partial charge in [0, 0.05) is 23.2 Å². The Morgan fingerprint density at radius 3 is 2.55 bits per heavy atom. The zero-order valence-corrected chi connectivity index (χ0v) is 16.0. The zero-order valence-electron chi connectivity index (χ0n) is 16.0. The van der Waals surface area contributed by atoms with Crippen LogP contribution >= 0.6 is 0 Å². The van der Waals surface area contributed by atoms with Crippen LogP contribution in [0.25, 0.3) is 11.1 Å². The molecule has 0 aliphatic rings. The summed E-state index contributed by atoms with van der Waals surface area (Å²) in [5.74, 6) is -0.227. The number of hydrogen-bond acceptors (Lipinski definition) is 4. The van der Waals surface area contributed by atoms with Crippen molar-refractivity contribution in [2.75, 3.05) is 7.11 Å². The van der Waals surface area contributed by atoms with Gasteiger partial charge in [-0.2, -0.15) is 0 Å². The maximum atomic E-state index is 14.7. The maximum absolute atomic E-state index is 14.7. The average molecular weight is 395 g/mol. The van der Waals surface area contributed by atoms with Gasteiger partial charge in [-0.3, -0.25) is 4.79 Å². The summed E-state index contributed by atoms with van der Waals surface area (Å²) in [6, 6.07) is 17.5. The molecule has 0 aliphatic heterocycles. The molecule has 0 atom stereocenters. The number of hydrogen-bond donors (Lipinski definition) is 2. The predicted molar refractivity (Wildman–Crippen MR) is 108 cm³/mol. The highest BCUT2D eigenvalue weighted by molar-refractivity contribution is 5.71. The first-order valence-corrected chi connectivity index (χ1v) is 9.10. The van der Waals surface area contributed by atoms with E-state index < -0.39 is 5.97 Å². The van der Waals surface area contributed by atoms with Crippen molar-refractivity contribution in [3.8, 4) is 22.6 Å². The van der Waals surface area contributed by atoms with Gasteiger partial charge < -0.3 is 20.3 Å². The number of aliphatic carboxylic acids is 1. The quantitative estimate of drug-likeness (QED) is 0.598. The van der Waals surface area contributed by atoms with Crippen LogP contribution in [0.15, 0.2) is 60.7 Å². The molecule has 29 heavy (non-hydrogen) atoms. The van der Waals surface area contributed by atoms with E-state index in [0.717, 1.165) is 5.56 Å². The maximum Gasteiger partial charge on any atom is 0.307 e. The molecule has 3 rings (SSSR count). The lowest BCUT2D eigenvalue weighted by Crippen LogP contribution is -2.04. The molecule has 0 unspecified atom stereocenters. The van der Waals surface area contributed by atoms with Gasteiger partial charge in [-0.15, -0.1) is 0 Å². The summed E-state index contributed by atoms with van der Waals surface area (Å²) in [7, 11) is 1.54. The second-order valence-electron chi connectivity index (χ2n) is 6.52. The molecular weight excluding hydrogens is 373 g/mol. The summed E-state index contributed by atoms with van der Waals surface area (Å²) in [6.45, 7) is 0.291. The Kier molecular flexibility index (Phi) is 6.46. The van der Waals surface area contributed by atoms with E-state index in [-0.39, 0.29) is 25.4 Å². The van der Waals surface area contributed by atoms with Crippen molar-refractivity contribution in [2.45, 2.75) is 19.6 Å². The third-order valence-electron chi connectivity index (χ3n) is 4.52. The second-order valence-corrected chi connectivity index (χ2v) is 6.52. The van der Waals surface area contributed by atoms with Crippen LogP contribution in [-0.4, -0.2) is 18.2 Å². The molecule has 0 heterocycles. The molecule has 3 N–H and O–H groups in total. The average Bonchev–Trinajstić information content (AvgIpc) is 2.72. The number of carboxylic acid groups (broad SMARTS) is 1. The minimum absolute atomic E-state index is 0.111. The number of nitrogens with two attached hydrogens (primary N) is 1. The first-order chi connectivity index (χ1) is 14.0. The van der Waals surface area contributed by atoms with Gasteiger partial charge >= 0.3 is 5.97 Å². The lowest BCUT2D eigenvalue weighted by Gasteiger charge is -2.14. The number of rotatable bonds is 8. The van der Waals surface area contributed by atoms with Crippen molar-refractivity contribution in [3.05, 3.63) is 83.2 Å². The van der Waals surface area contributed by atoms with Gasteiger partial charge in [0.25, 0.3) is 0 Å². The molecule has 0 saturated carbocycles. The van der Waals surface area contributed by atoms with Gasteiger partial charge in [0.2, 0.25) is 0 Å².